The fourth-order valence-electron chi connectivity index (χ4n) is 1.43. The van der Waals surface area contributed by atoms with Crippen molar-refractivity contribution in [2.75, 3.05) is 24.7 Å². The van der Waals surface area contributed by atoms with Crippen LogP contribution in [0.4, 0.5) is 10.7 Å². The third-order valence-corrected chi connectivity index (χ3v) is 3.72. The minimum Gasteiger partial charge on any atom is -0.397 e. The predicted octanol–water partition coefficient (Wildman–Crippen LogP) is 1.33. The molecule has 4 N–H and O–H groups in total. The molecule has 0 atom stereocenters. The number of carbonyl (C=O) groups excluding carboxylic acids is 2. The summed E-state index contributed by atoms with van der Waals surface area (Å²) in [7, 11) is 3.56. The monoisotopic (exact) mass is 255 g/mol. The second-order valence-electron chi connectivity index (χ2n) is 4.30. The molecule has 1 aromatic rings. The van der Waals surface area contributed by atoms with E-state index in [2.05, 4.69) is 0 Å². The summed E-state index contributed by atoms with van der Waals surface area (Å²) in [5.41, 5.74) is 11.6. The first-order valence-electron chi connectivity index (χ1n) is 5.21. The van der Waals surface area contributed by atoms with Gasteiger partial charge in [0.2, 0.25) is 0 Å². The van der Waals surface area contributed by atoms with Crippen molar-refractivity contribution in [3.05, 3.63) is 10.4 Å². The largest absolute Gasteiger partial charge is 0.397 e. The van der Waals surface area contributed by atoms with Gasteiger partial charge in [-0.25, -0.2) is 0 Å². The van der Waals surface area contributed by atoms with E-state index < -0.39 is 5.91 Å². The molecule has 0 aromatic carbocycles. The summed E-state index contributed by atoms with van der Waals surface area (Å²) >= 11 is 1.21. The summed E-state index contributed by atoms with van der Waals surface area (Å²) in [4.78, 5) is 25.4. The number of Topliss-reactive ketones (excluding diaryl/α,β-unsaturated/α-hetero) is 1. The Morgan fingerprint density at radius 1 is 1.29 bits per heavy atom. The molecule has 0 aliphatic heterocycles. The molecule has 0 aliphatic rings. The van der Waals surface area contributed by atoms with E-state index in [1.54, 1.807) is 32.8 Å². The number of anilines is 2. The molecule has 0 fully saturated rings. The zero-order valence-corrected chi connectivity index (χ0v) is 11.2. The van der Waals surface area contributed by atoms with Crippen LogP contribution in [0.2, 0.25) is 0 Å². The van der Waals surface area contributed by atoms with Crippen LogP contribution in [0.15, 0.2) is 0 Å². The number of hydrogen-bond donors (Lipinski definition) is 2. The van der Waals surface area contributed by atoms with Crippen LogP contribution in [0.3, 0.4) is 0 Å². The van der Waals surface area contributed by atoms with Gasteiger partial charge in [-0.2, -0.15) is 0 Å². The number of nitrogen functional groups attached to an aromatic ring is 1. The SMILES string of the molecule is CC(C)C(=O)c1sc(N(C)C)c(C(N)=O)c1N. The van der Waals surface area contributed by atoms with Gasteiger partial charge in [0, 0.05) is 20.0 Å². The smallest absolute Gasteiger partial charge is 0.253 e. The first kappa shape index (κ1) is 13.5. The molecule has 0 saturated carbocycles. The van der Waals surface area contributed by atoms with Crippen molar-refractivity contribution < 1.29 is 9.59 Å². The molecule has 0 unspecified atom stereocenters. The third-order valence-electron chi connectivity index (χ3n) is 2.33. The Hall–Kier alpha value is -1.56. The van der Waals surface area contributed by atoms with E-state index in [0.29, 0.717) is 9.88 Å². The van der Waals surface area contributed by atoms with Gasteiger partial charge >= 0.3 is 0 Å². The molecule has 0 aliphatic carbocycles. The van der Waals surface area contributed by atoms with Crippen LogP contribution >= 0.6 is 11.3 Å². The molecule has 0 radical (unpaired) electrons. The fourth-order valence-corrected chi connectivity index (χ4v) is 2.67. The number of primary amides is 1. The van der Waals surface area contributed by atoms with Crippen LogP contribution in [0.1, 0.15) is 33.9 Å². The van der Waals surface area contributed by atoms with Crippen LogP contribution < -0.4 is 16.4 Å². The van der Waals surface area contributed by atoms with Gasteiger partial charge in [0.05, 0.1) is 16.1 Å². The Morgan fingerprint density at radius 3 is 2.12 bits per heavy atom. The molecule has 1 heterocycles. The summed E-state index contributed by atoms with van der Waals surface area (Å²) in [5, 5.41) is 0.624. The van der Waals surface area contributed by atoms with Crippen molar-refractivity contribution in [2.24, 2.45) is 11.7 Å². The Labute approximate surface area is 104 Å². The molecular formula is C11H17N3O2S. The predicted molar refractivity (Wildman–Crippen MR) is 70.7 cm³/mol. The maximum absolute atomic E-state index is 11.9. The van der Waals surface area contributed by atoms with E-state index >= 15 is 0 Å². The number of carbonyl (C=O) groups is 2. The molecule has 5 nitrogen and oxygen atoms in total. The van der Waals surface area contributed by atoms with Crippen LogP contribution in [-0.4, -0.2) is 25.8 Å². The Morgan fingerprint density at radius 2 is 1.82 bits per heavy atom. The minimum absolute atomic E-state index is 0.0666. The zero-order chi connectivity index (χ0) is 13.3. The number of rotatable bonds is 4. The first-order valence-corrected chi connectivity index (χ1v) is 6.02. The van der Waals surface area contributed by atoms with Gasteiger partial charge in [0.15, 0.2) is 5.78 Å². The van der Waals surface area contributed by atoms with Crippen LogP contribution in [0, 0.1) is 5.92 Å². The maximum atomic E-state index is 11.9. The topological polar surface area (TPSA) is 89.4 Å². The van der Waals surface area contributed by atoms with Crippen molar-refractivity contribution in [1.29, 1.82) is 0 Å². The fraction of sp³-hybridized carbons (Fsp3) is 0.455. The Bertz CT molecular complexity index is 464. The zero-order valence-electron chi connectivity index (χ0n) is 10.4. The normalized spacial score (nSPS) is 10.6. The number of amides is 1. The van der Waals surface area contributed by atoms with E-state index in [9.17, 15) is 9.59 Å². The number of nitrogens with two attached hydrogens (primary N) is 2. The van der Waals surface area contributed by atoms with Gasteiger partial charge < -0.3 is 16.4 Å². The molecule has 6 heteroatoms. The van der Waals surface area contributed by atoms with Gasteiger partial charge in [0.1, 0.15) is 5.00 Å². The van der Waals surface area contributed by atoms with E-state index in [1.807, 2.05) is 0 Å². The van der Waals surface area contributed by atoms with Gasteiger partial charge in [-0.1, -0.05) is 13.8 Å². The number of thiophene rings is 1. The Kier molecular flexibility index (Phi) is 3.77. The van der Waals surface area contributed by atoms with Crippen molar-refractivity contribution in [2.45, 2.75) is 13.8 Å². The van der Waals surface area contributed by atoms with Crippen molar-refractivity contribution in [1.82, 2.24) is 0 Å². The highest BCUT2D eigenvalue weighted by Gasteiger charge is 2.26. The lowest BCUT2D eigenvalue weighted by atomic mass is 10.1. The third kappa shape index (κ3) is 2.41. The molecule has 17 heavy (non-hydrogen) atoms. The molecule has 1 amide bonds. The number of ketones is 1. The second-order valence-corrected chi connectivity index (χ2v) is 5.30. The standard InChI is InChI=1S/C11H17N3O2S/c1-5(2)8(15)9-7(12)6(10(13)16)11(17-9)14(3)4/h5H,12H2,1-4H3,(H2,13,16). The summed E-state index contributed by atoms with van der Waals surface area (Å²) in [5.74, 6) is -0.833. The molecule has 0 bridgehead atoms. The highest BCUT2D eigenvalue weighted by atomic mass is 32.1. The van der Waals surface area contributed by atoms with E-state index in [1.165, 1.54) is 11.3 Å². The maximum Gasteiger partial charge on any atom is 0.253 e. The first-order chi connectivity index (χ1) is 7.77. The Balaban J connectivity index is 3.42. The van der Waals surface area contributed by atoms with Crippen molar-refractivity contribution in [3.63, 3.8) is 0 Å². The summed E-state index contributed by atoms with van der Waals surface area (Å²) in [6.07, 6.45) is 0. The summed E-state index contributed by atoms with van der Waals surface area (Å²) < 4.78 is 0. The van der Waals surface area contributed by atoms with Crippen LogP contribution in [0.25, 0.3) is 0 Å². The quantitative estimate of drug-likeness (QED) is 0.794. The molecule has 1 rings (SSSR count). The molecule has 1 aromatic heterocycles. The van der Waals surface area contributed by atoms with Crippen LogP contribution in [0.5, 0.6) is 0 Å². The van der Waals surface area contributed by atoms with Gasteiger partial charge in [-0.15, -0.1) is 11.3 Å². The second kappa shape index (κ2) is 4.75. The average molecular weight is 255 g/mol. The number of hydrogen-bond acceptors (Lipinski definition) is 5. The van der Waals surface area contributed by atoms with Gasteiger partial charge in [-0.3, -0.25) is 9.59 Å². The minimum atomic E-state index is -0.606. The highest BCUT2D eigenvalue weighted by molar-refractivity contribution is 7.19. The van der Waals surface area contributed by atoms with E-state index in [0.717, 1.165) is 0 Å². The summed E-state index contributed by atoms with van der Waals surface area (Å²) in [6.45, 7) is 3.58. The lowest BCUT2D eigenvalue weighted by molar-refractivity contribution is 0.0944. The van der Waals surface area contributed by atoms with Crippen molar-refractivity contribution in [3.8, 4) is 0 Å². The summed E-state index contributed by atoms with van der Waals surface area (Å²) in [6, 6.07) is 0. The van der Waals surface area contributed by atoms with E-state index in [4.69, 9.17) is 11.5 Å². The van der Waals surface area contributed by atoms with Gasteiger partial charge in [0.25, 0.3) is 5.91 Å². The highest BCUT2D eigenvalue weighted by Crippen LogP contribution is 2.38. The van der Waals surface area contributed by atoms with Crippen molar-refractivity contribution >= 4 is 33.7 Å². The lowest BCUT2D eigenvalue weighted by Crippen LogP contribution is -2.18. The molecule has 94 valence electrons. The number of nitrogens with zero attached hydrogens (tertiary/aromatic N) is 1. The molecule has 0 saturated heterocycles. The average Bonchev–Trinajstić information content (AvgIpc) is 2.54. The van der Waals surface area contributed by atoms with E-state index in [-0.39, 0.29) is 23.0 Å². The molecule has 0 spiro atoms. The van der Waals surface area contributed by atoms with Gasteiger partial charge in [-0.05, 0) is 0 Å². The van der Waals surface area contributed by atoms with Crippen LogP contribution in [-0.2, 0) is 0 Å². The molecular weight excluding hydrogens is 238 g/mol. The lowest BCUT2D eigenvalue weighted by Gasteiger charge is -2.10.